The highest BCUT2D eigenvalue weighted by Gasteiger charge is 2.20. The number of aliphatic imine (C=N–C) groups is 1. The number of furan rings is 1. The molecule has 0 unspecified atom stereocenters. The second-order valence-electron chi connectivity index (χ2n) is 7.13. The molecule has 0 saturated heterocycles. The van der Waals surface area contributed by atoms with Gasteiger partial charge in [0.15, 0.2) is 0 Å². The summed E-state index contributed by atoms with van der Waals surface area (Å²) in [5, 5.41) is 3.83. The molecule has 1 amide bonds. The Morgan fingerprint density at radius 1 is 0.938 bits per heavy atom. The predicted octanol–water partition coefficient (Wildman–Crippen LogP) is 7.15. The van der Waals surface area contributed by atoms with Gasteiger partial charge in [-0.05, 0) is 48.5 Å². The van der Waals surface area contributed by atoms with Gasteiger partial charge >= 0.3 is 0 Å². The Bertz CT molecular complexity index is 1350. The molecule has 0 radical (unpaired) electrons. The molecule has 4 nitrogen and oxygen atoms in total. The molecule has 0 saturated carbocycles. The van der Waals surface area contributed by atoms with E-state index in [0.29, 0.717) is 27.9 Å². The summed E-state index contributed by atoms with van der Waals surface area (Å²) >= 11 is 14.0. The number of rotatable bonds is 4. The Morgan fingerprint density at radius 2 is 1.81 bits per heavy atom. The maximum absolute atomic E-state index is 12.7. The Labute approximate surface area is 199 Å². The van der Waals surface area contributed by atoms with Crippen LogP contribution in [0.5, 0.6) is 0 Å². The SMILES string of the molecule is O=C(NCc1ccco1)c1ccc2c(c1)N=C(c1ccc(Cl)c(Cl)c1)c1ccccc1S2. The van der Waals surface area contributed by atoms with Crippen molar-refractivity contribution in [3.05, 3.63) is 112 Å². The van der Waals surface area contributed by atoms with Crippen molar-refractivity contribution in [3.8, 4) is 0 Å². The molecule has 0 atom stereocenters. The van der Waals surface area contributed by atoms with E-state index >= 15 is 0 Å². The van der Waals surface area contributed by atoms with Gasteiger partial charge in [0.05, 0.1) is 34.3 Å². The summed E-state index contributed by atoms with van der Waals surface area (Å²) in [5.41, 5.74) is 3.87. The number of halogens is 2. The molecular formula is C25H16Cl2N2O2S. The second kappa shape index (κ2) is 8.87. The van der Waals surface area contributed by atoms with Crippen LogP contribution >= 0.6 is 35.0 Å². The number of carbonyl (C=O) groups excluding carboxylic acids is 1. The molecule has 0 aliphatic carbocycles. The van der Waals surface area contributed by atoms with E-state index in [1.165, 1.54) is 0 Å². The van der Waals surface area contributed by atoms with Crippen molar-refractivity contribution >= 4 is 52.3 Å². The smallest absolute Gasteiger partial charge is 0.251 e. The minimum absolute atomic E-state index is 0.192. The molecule has 7 heteroatoms. The molecule has 0 fully saturated rings. The fourth-order valence-electron chi connectivity index (χ4n) is 3.43. The number of hydrogen-bond acceptors (Lipinski definition) is 4. The Hall–Kier alpha value is -2.99. The average Bonchev–Trinajstić information content (AvgIpc) is 3.27. The van der Waals surface area contributed by atoms with Crippen LogP contribution in [0, 0.1) is 0 Å². The van der Waals surface area contributed by atoms with E-state index in [2.05, 4.69) is 11.4 Å². The molecule has 2 heterocycles. The summed E-state index contributed by atoms with van der Waals surface area (Å²) in [6.07, 6.45) is 1.58. The topological polar surface area (TPSA) is 54.6 Å². The second-order valence-corrected chi connectivity index (χ2v) is 9.03. The van der Waals surface area contributed by atoms with Crippen molar-refractivity contribution in [3.63, 3.8) is 0 Å². The zero-order chi connectivity index (χ0) is 22.1. The van der Waals surface area contributed by atoms with E-state index in [1.807, 2.05) is 54.6 Å². The summed E-state index contributed by atoms with van der Waals surface area (Å²) in [4.78, 5) is 19.7. The van der Waals surface area contributed by atoms with Crippen LogP contribution in [-0.4, -0.2) is 11.6 Å². The molecule has 3 aromatic carbocycles. The molecule has 32 heavy (non-hydrogen) atoms. The zero-order valence-electron chi connectivity index (χ0n) is 16.6. The average molecular weight is 479 g/mol. The number of nitrogens with one attached hydrogen (secondary N) is 1. The molecule has 0 spiro atoms. The van der Waals surface area contributed by atoms with Crippen LogP contribution in [0.15, 0.2) is 98.3 Å². The van der Waals surface area contributed by atoms with Crippen molar-refractivity contribution in [1.82, 2.24) is 5.32 Å². The van der Waals surface area contributed by atoms with Crippen LogP contribution in [0.3, 0.4) is 0 Å². The van der Waals surface area contributed by atoms with E-state index in [9.17, 15) is 4.79 Å². The molecule has 1 aliphatic heterocycles. The van der Waals surface area contributed by atoms with Crippen LogP contribution < -0.4 is 5.32 Å². The molecule has 1 N–H and O–H groups in total. The van der Waals surface area contributed by atoms with Gasteiger partial charge in [-0.25, -0.2) is 4.99 Å². The molecule has 158 valence electrons. The lowest BCUT2D eigenvalue weighted by molar-refractivity contribution is 0.0948. The number of hydrogen-bond donors (Lipinski definition) is 1. The molecule has 5 rings (SSSR count). The van der Waals surface area contributed by atoms with Crippen molar-refractivity contribution in [2.45, 2.75) is 16.3 Å². The fourth-order valence-corrected chi connectivity index (χ4v) is 4.73. The first kappa shape index (κ1) is 20.9. The summed E-state index contributed by atoms with van der Waals surface area (Å²) in [6.45, 7) is 0.320. The van der Waals surface area contributed by atoms with Gasteiger partial charge < -0.3 is 9.73 Å². The highest BCUT2D eigenvalue weighted by Crippen LogP contribution is 2.42. The summed E-state index contributed by atoms with van der Waals surface area (Å²) < 4.78 is 5.28. The van der Waals surface area contributed by atoms with Crippen molar-refractivity contribution in [1.29, 1.82) is 0 Å². The van der Waals surface area contributed by atoms with Gasteiger partial charge in [-0.3, -0.25) is 4.79 Å². The predicted molar refractivity (Wildman–Crippen MR) is 129 cm³/mol. The lowest BCUT2D eigenvalue weighted by atomic mass is 10.0. The number of nitrogens with zero attached hydrogens (tertiary/aromatic N) is 1. The van der Waals surface area contributed by atoms with Crippen LogP contribution in [-0.2, 0) is 6.54 Å². The largest absolute Gasteiger partial charge is 0.467 e. The van der Waals surface area contributed by atoms with Crippen LogP contribution in [0.4, 0.5) is 5.69 Å². The third-order valence-electron chi connectivity index (χ3n) is 5.01. The number of fused-ring (bicyclic) bond motifs is 2. The molecule has 1 aromatic heterocycles. The van der Waals surface area contributed by atoms with Crippen molar-refractivity contribution in [2.75, 3.05) is 0 Å². The van der Waals surface area contributed by atoms with Crippen LogP contribution in [0.2, 0.25) is 10.0 Å². The molecule has 4 aromatic rings. The van der Waals surface area contributed by atoms with Crippen molar-refractivity contribution < 1.29 is 9.21 Å². The van der Waals surface area contributed by atoms with E-state index < -0.39 is 0 Å². The highest BCUT2D eigenvalue weighted by atomic mass is 35.5. The normalized spacial score (nSPS) is 12.4. The van der Waals surface area contributed by atoms with Gasteiger partial charge in [0.1, 0.15) is 5.76 Å². The standard InChI is InChI=1S/C25H16Cl2N2O2S/c26-19-9-7-15(12-20(19)27)24-18-5-1-2-6-22(18)32-23-10-8-16(13-21(23)29-24)25(30)28-14-17-4-3-11-31-17/h1-13H,14H2,(H,28,30). The van der Waals surface area contributed by atoms with Crippen LogP contribution in [0.1, 0.15) is 27.2 Å². The van der Waals surface area contributed by atoms with Gasteiger partial charge in [-0.15, -0.1) is 0 Å². The number of carbonyl (C=O) groups is 1. The summed E-state index contributed by atoms with van der Waals surface area (Å²) in [7, 11) is 0. The minimum atomic E-state index is -0.192. The maximum atomic E-state index is 12.7. The minimum Gasteiger partial charge on any atom is -0.467 e. The number of amides is 1. The number of benzene rings is 3. The van der Waals surface area contributed by atoms with Crippen molar-refractivity contribution in [2.24, 2.45) is 4.99 Å². The maximum Gasteiger partial charge on any atom is 0.251 e. The monoisotopic (exact) mass is 478 g/mol. The first-order valence-electron chi connectivity index (χ1n) is 9.84. The summed E-state index contributed by atoms with van der Waals surface area (Å²) in [6, 6.07) is 22.7. The lowest BCUT2D eigenvalue weighted by Gasteiger charge is -2.10. The molecular weight excluding hydrogens is 463 g/mol. The zero-order valence-corrected chi connectivity index (χ0v) is 19.0. The molecule has 1 aliphatic rings. The van der Waals surface area contributed by atoms with E-state index in [4.69, 9.17) is 32.6 Å². The lowest BCUT2D eigenvalue weighted by Crippen LogP contribution is -2.22. The Kier molecular flexibility index (Phi) is 5.79. The molecule has 0 bridgehead atoms. The fraction of sp³-hybridized carbons (Fsp3) is 0.0400. The first-order chi connectivity index (χ1) is 15.6. The van der Waals surface area contributed by atoms with Crippen LogP contribution in [0.25, 0.3) is 0 Å². The van der Waals surface area contributed by atoms with Gasteiger partial charge in [0.2, 0.25) is 0 Å². The quantitative estimate of drug-likeness (QED) is 0.298. The van der Waals surface area contributed by atoms with Gasteiger partial charge in [-0.2, -0.15) is 0 Å². The van der Waals surface area contributed by atoms with Gasteiger partial charge in [0.25, 0.3) is 5.91 Å². The first-order valence-corrected chi connectivity index (χ1v) is 11.4. The highest BCUT2D eigenvalue weighted by molar-refractivity contribution is 7.99. The third-order valence-corrected chi connectivity index (χ3v) is 6.89. The van der Waals surface area contributed by atoms with E-state index in [0.717, 1.165) is 32.3 Å². The summed E-state index contributed by atoms with van der Waals surface area (Å²) in [5.74, 6) is 0.501. The van der Waals surface area contributed by atoms with Gasteiger partial charge in [-0.1, -0.05) is 59.2 Å². The third kappa shape index (κ3) is 4.19. The Balaban J connectivity index is 1.55. The Morgan fingerprint density at radius 3 is 2.62 bits per heavy atom. The van der Waals surface area contributed by atoms with Gasteiger partial charge in [0, 0.05) is 26.5 Å². The van der Waals surface area contributed by atoms with E-state index in [-0.39, 0.29) is 5.91 Å². The van der Waals surface area contributed by atoms with E-state index in [1.54, 1.807) is 30.2 Å².